The van der Waals surface area contributed by atoms with Gasteiger partial charge in [0.25, 0.3) is 0 Å². The van der Waals surface area contributed by atoms with Crippen molar-refractivity contribution in [3.05, 3.63) is 22.4 Å². The largest absolute Gasteiger partial charge is 0.319 e. The minimum Gasteiger partial charge on any atom is -0.319 e. The number of nitrogens with one attached hydrogen (secondary N) is 2. The van der Waals surface area contributed by atoms with Gasteiger partial charge in [-0.25, -0.2) is 0 Å². The molecule has 0 spiro atoms. The molecule has 2 nitrogen and oxygen atoms in total. The van der Waals surface area contributed by atoms with E-state index in [1.54, 1.807) is 0 Å². The van der Waals surface area contributed by atoms with Crippen molar-refractivity contribution in [2.75, 3.05) is 26.7 Å². The highest BCUT2D eigenvalue weighted by Gasteiger charge is 2.11. The molecule has 1 unspecified atom stereocenters. The fraction of sp³-hybridized carbons (Fsp3) is 0.692. The normalized spacial score (nSPS) is 13.2. The molecule has 0 saturated heterocycles. The van der Waals surface area contributed by atoms with Crippen LogP contribution in [0.3, 0.4) is 0 Å². The molecule has 1 atom stereocenters. The summed E-state index contributed by atoms with van der Waals surface area (Å²) < 4.78 is 0. The van der Waals surface area contributed by atoms with E-state index in [9.17, 15) is 0 Å². The van der Waals surface area contributed by atoms with Gasteiger partial charge in [0.2, 0.25) is 0 Å². The van der Waals surface area contributed by atoms with E-state index in [4.69, 9.17) is 0 Å². The maximum Gasteiger partial charge on any atom is 0.00578 e. The van der Waals surface area contributed by atoms with Gasteiger partial charge in [0.05, 0.1) is 0 Å². The Balaban J connectivity index is 2.13. The smallest absolute Gasteiger partial charge is 0.00578 e. The zero-order valence-corrected chi connectivity index (χ0v) is 11.4. The molecule has 0 aliphatic rings. The zero-order valence-electron chi connectivity index (χ0n) is 10.6. The molecule has 1 heterocycles. The van der Waals surface area contributed by atoms with E-state index in [0.717, 1.165) is 37.9 Å². The van der Waals surface area contributed by atoms with Crippen LogP contribution in [0.25, 0.3) is 0 Å². The van der Waals surface area contributed by atoms with E-state index in [-0.39, 0.29) is 0 Å². The molecule has 1 rings (SSSR count). The number of hydrogen-bond acceptors (Lipinski definition) is 3. The van der Waals surface area contributed by atoms with Gasteiger partial charge in [-0.05, 0) is 56.4 Å². The van der Waals surface area contributed by atoms with Crippen molar-refractivity contribution in [3.63, 3.8) is 0 Å². The highest BCUT2D eigenvalue weighted by atomic mass is 32.1. The molecular weight excluding hydrogens is 216 g/mol. The van der Waals surface area contributed by atoms with Crippen LogP contribution in [0.2, 0.25) is 0 Å². The lowest BCUT2D eigenvalue weighted by Crippen LogP contribution is -2.33. The molecule has 16 heavy (non-hydrogen) atoms. The molecule has 92 valence electrons. The molecular formula is C13H24N2S. The van der Waals surface area contributed by atoms with Crippen LogP contribution < -0.4 is 10.6 Å². The van der Waals surface area contributed by atoms with Gasteiger partial charge >= 0.3 is 0 Å². The zero-order chi connectivity index (χ0) is 11.8. The molecule has 0 radical (unpaired) electrons. The standard InChI is InChI=1S/C13H24N2S/c1-11(2)12(9-14-3)10-15-7-6-13-5-4-8-16-13/h4-5,8,11-12,14-15H,6-7,9-10H2,1-3H3. The Labute approximate surface area is 103 Å². The first-order valence-electron chi connectivity index (χ1n) is 6.11. The van der Waals surface area contributed by atoms with Crippen molar-refractivity contribution in [3.8, 4) is 0 Å². The quantitative estimate of drug-likeness (QED) is 0.682. The Morgan fingerprint density at radius 2 is 2.12 bits per heavy atom. The van der Waals surface area contributed by atoms with Crippen LogP contribution in [0.4, 0.5) is 0 Å². The Morgan fingerprint density at radius 3 is 2.69 bits per heavy atom. The van der Waals surface area contributed by atoms with Crippen molar-refractivity contribution in [2.45, 2.75) is 20.3 Å². The summed E-state index contributed by atoms with van der Waals surface area (Å²) in [5.74, 6) is 1.47. The van der Waals surface area contributed by atoms with Crippen molar-refractivity contribution >= 4 is 11.3 Å². The van der Waals surface area contributed by atoms with E-state index < -0.39 is 0 Å². The summed E-state index contributed by atoms with van der Waals surface area (Å²) in [6.45, 7) is 7.90. The summed E-state index contributed by atoms with van der Waals surface area (Å²) in [6.07, 6.45) is 1.15. The summed E-state index contributed by atoms with van der Waals surface area (Å²) in [7, 11) is 2.03. The molecule has 3 heteroatoms. The Kier molecular flexibility index (Phi) is 6.69. The summed E-state index contributed by atoms with van der Waals surface area (Å²) >= 11 is 1.85. The molecule has 0 amide bonds. The van der Waals surface area contributed by atoms with E-state index in [1.807, 2.05) is 18.4 Å². The monoisotopic (exact) mass is 240 g/mol. The molecule has 1 aromatic heterocycles. The lowest BCUT2D eigenvalue weighted by molar-refractivity contribution is 0.354. The van der Waals surface area contributed by atoms with Gasteiger partial charge in [0.15, 0.2) is 0 Å². The summed E-state index contributed by atoms with van der Waals surface area (Å²) in [4.78, 5) is 1.47. The lowest BCUT2D eigenvalue weighted by atomic mass is 9.96. The van der Waals surface area contributed by atoms with Gasteiger partial charge in [0, 0.05) is 4.88 Å². The predicted octanol–water partition coefficient (Wildman–Crippen LogP) is 2.37. The average molecular weight is 240 g/mol. The second-order valence-corrected chi connectivity index (χ2v) is 5.63. The van der Waals surface area contributed by atoms with Crippen LogP contribution in [-0.4, -0.2) is 26.7 Å². The van der Waals surface area contributed by atoms with E-state index in [0.29, 0.717) is 0 Å². The minimum absolute atomic E-state index is 0.730. The highest BCUT2D eigenvalue weighted by molar-refractivity contribution is 7.09. The molecule has 0 saturated carbocycles. The fourth-order valence-electron chi connectivity index (χ4n) is 1.76. The fourth-order valence-corrected chi connectivity index (χ4v) is 2.47. The summed E-state index contributed by atoms with van der Waals surface area (Å²) in [5, 5.41) is 8.97. The van der Waals surface area contributed by atoms with Crippen LogP contribution >= 0.6 is 11.3 Å². The summed E-state index contributed by atoms with van der Waals surface area (Å²) in [6, 6.07) is 4.33. The third-order valence-corrected chi connectivity index (χ3v) is 3.88. The number of thiophene rings is 1. The van der Waals surface area contributed by atoms with E-state index >= 15 is 0 Å². The van der Waals surface area contributed by atoms with Crippen LogP contribution in [0.5, 0.6) is 0 Å². The second-order valence-electron chi connectivity index (χ2n) is 4.60. The first-order chi connectivity index (χ1) is 7.74. The molecule has 0 aliphatic heterocycles. The SMILES string of the molecule is CNCC(CNCCc1cccs1)C(C)C. The first kappa shape index (κ1) is 13.7. The molecule has 1 aromatic rings. The summed E-state index contributed by atoms with van der Waals surface area (Å²) in [5.41, 5.74) is 0. The van der Waals surface area contributed by atoms with E-state index in [2.05, 4.69) is 42.0 Å². The molecule has 2 N–H and O–H groups in total. The molecule has 0 aliphatic carbocycles. The average Bonchev–Trinajstić information content (AvgIpc) is 2.75. The molecule has 0 aromatic carbocycles. The highest BCUT2D eigenvalue weighted by Crippen LogP contribution is 2.10. The molecule has 0 bridgehead atoms. The maximum absolute atomic E-state index is 3.56. The number of hydrogen-bond donors (Lipinski definition) is 2. The van der Waals surface area contributed by atoms with Gasteiger partial charge in [0.1, 0.15) is 0 Å². The van der Waals surface area contributed by atoms with Gasteiger partial charge in [-0.3, -0.25) is 0 Å². The van der Waals surface area contributed by atoms with Crippen LogP contribution in [0.15, 0.2) is 17.5 Å². The Bertz CT molecular complexity index is 257. The van der Waals surface area contributed by atoms with Gasteiger partial charge < -0.3 is 10.6 Å². The van der Waals surface area contributed by atoms with Crippen LogP contribution in [0.1, 0.15) is 18.7 Å². The third kappa shape index (κ3) is 5.10. The lowest BCUT2D eigenvalue weighted by Gasteiger charge is -2.20. The topological polar surface area (TPSA) is 24.1 Å². The van der Waals surface area contributed by atoms with Gasteiger partial charge in [-0.15, -0.1) is 11.3 Å². The minimum atomic E-state index is 0.730. The molecule has 0 fully saturated rings. The van der Waals surface area contributed by atoms with Crippen molar-refractivity contribution in [2.24, 2.45) is 11.8 Å². The number of rotatable bonds is 8. The van der Waals surface area contributed by atoms with Crippen LogP contribution in [-0.2, 0) is 6.42 Å². The predicted molar refractivity (Wildman–Crippen MR) is 73.1 cm³/mol. The second kappa shape index (κ2) is 7.82. The Hall–Kier alpha value is -0.380. The first-order valence-corrected chi connectivity index (χ1v) is 6.99. The van der Waals surface area contributed by atoms with E-state index in [1.165, 1.54) is 4.88 Å². The van der Waals surface area contributed by atoms with Crippen molar-refractivity contribution < 1.29 is 0 Å². The van der Waals surface area contributed by atoms with Crippen molar-refractivity contribution in [1.82, 2.24) is 10.6 Å². The van der Waals surface area contributed by atoms with Gasteiger partial charge in [-0.1, -0.05) is 19.9 Å². The third-order valence-electron chi connectivity index (χ3n) is 2.94. The van der Waals surface area contributed by atoms with Crippen molar-refractivity contribution in [1.29, 1.82) is 0 Å². The van der Waals surface area contributed by atoms with Crippen LogP contribution in [0, 0.1) is 11.8 Å². The maximum atomic E-state index is 3.56. The Morgan fingerprint density at radius 1 is 1.31 bits per heavy atom. The van der Waals surface area contributed by atoms with Gasteiger partial charge in [-0.2, -0.15) is 0 Å².